The average molecular weight is 407 g/mol. The van der Waals surface area contributed by atoms with E-state index in [0.29, 0.717) is 23.5 Å². The van der Waals surface area contributed by atoms with Crippen molar-refractivity contribution in [2.75, 3.05) is 14.2 Å². The molecule has 0 bridgehead atoms. The van der Waals surface area contributed by atoms with Gasteiger partial charge in [0.1, 0.15) is 11.5 Å². The number of likely N-dealkylation sites (tertiary alicyclic amines) is 1. The van der Waals surface area contributed by atoms with Crippen LogP contribution >= 0.6 is 0 Å². The molecule has 1 amide bonds. The first kappa shape index (κ1) is 22.2. The van der Waals surface area contributed by atoms with E-state index in [2.05, 4.69) is 0 Å². The molecule has 1 aliphatic heterocycles. The quantitative estimate of drug-likeness (QED) is 0.443. The predicted molar refractivity (Wildman–Crippen MR) is 101 cm³/mol. The number of carboxylic acid groups (broad SMARTS) is 2. The number of hydrogen-bond acceptors (Lipinski definition) is 6. The fourth-order valence-electron chi connectivity index (χ4n) is 4.11. The zero-order valence-electron chi connectivity index (χ0n) is 16.9. The number of ketones is 1. The number of aliphatic carboxylic acids is 2. The molecule has 1 heterocycles. The maximum absolute atomic E-state index is 13.1. The number of nitrogens with zero attached hydrogens (tertiary/aromatic N) is 1. The van der Waals surface area contributed by atoms with Crippen LogP contribution < -0.4 is 9.47 Å². The second-order valence-corrected chi connectivity index (χ2v) is 6.82. The number of rotatable bonds is 10. The van der Waals surface area contributed by atoms with Crippen LogP contribution in [0.5, 0.6) is 11.5 Å². The van der Waals surface area contributed by atoms with Gasteiger partial charge in [0.05, 0.1) is 20.8 Å². The van der Waals surface area contributed by atoms with Gasteiger partial charge in [0.25, 0.3) is 5.54 Å². The third-order valence-electron chi connectivity index (χ3n) is 5.56. The Bertz CT molecular complexity index is 835. The van der Waals surface area contributed by atoms with Crippen molar-refractivity contribution in [1.82, 2.24) is 4.90 Å². The van der Waals surface area contributed by atoms with E-state index >= 15 is 0 Å². The Morgan fingerprint density at radius 1 is 1.07 bits per heavy atom. The predicted octanol–water partition coefficient (Wildman–Crippen LogP) is 1.72. The minimum absolute atomic E-state index is 0.0818. The lowest BCUT2D eigenvalue weighted by Crippen LogP contribution is -2.85. The molecule has 1 aliphatic rings. The lowest BCUT2D eigenvalue weighted by atomic mass is 9.55. The van der Waals surface area contributed by atoms with Crippen LogP contribution in [0, 0.1) is 5.41 Å². The number of carbonyl (C=O) groups excluding carboxylic acids is 2. The molecular weight excluding hydrogens is 382 g/mol. The zero-order chi connectivity index (χ0) is 22.0. The first-order valence-corrected chi connectivity index (χ1v) is 9.21. The smallest absolute Gasteiger partial charge is 0.343 e. The summed E-state index contributed by atoms with van der Waals surface area (Å²) in [6, 6.07) is 4.68. The van der Waals surface area contributed by atoms with E-state index < -0.39 is 34.6 Å². The van der Waals surface area contributed by atoms with Gasteiger partial charge in [-0.1, -0.05) is 13.8 Å². The second kappa shape index (κ2) is 8.10. The minimum atomic E-state index is -2.68. The van der Waals surface area contributed by atoms with E-state index in [9.17, 15) is 29.4 Å². The highest BCUT2D eigenvalue weighted by Crippen LogP contribution is 2.54. The van der Waals surface area contributed by atoms with Crippen molar-refractivity contribution in [3.8, 4) is 11.5 Å². The maximum atomic E-state index is 13.1. The number of methoxy groups -OCH3 is 2. The SMILES string of the molecule is CCCC(=O)C1(CC)C(=O)N(Cc2ccc(OC)cc2OC)C1(C(=O)O)C(=O)O. The third-order valence-corrected chi connectivity index (χ3v) is 5.56. The molecule has 0 saturated carbocycles. The molecule has 1 fully saturated rings. The van der Waals surface area contributed by atoms with Crippen molar-refractivity contribution in [3.05, 3.63) is 23.8 Å². The van der Waals surface area contributed by atoms with Crippen molar-refractivity contribution in [1.29, 1.82) is 0 Å². The Labute approximate surface area is 168 Å². The summed E-state index contributed by atoms with van der Waals surface area (Å²) in [4.78, 5) is 51.1. The van der Waals surface area contributed by atoms with Crippen LogP contribution in [0.4, 0.5) is 0 Å². The molecule has 2 N–H and O–H groups in total. The Morgan fingerprint density at radius 2 is 1.69 bits per heavy atom. The number of amides is 1. The molecule has 2 rings (SSSR count). The summed E-state index contributed by atoms with van der Waals surface area (Å²) in [5, 5.41) is 19.9. The standard InChI is InChI=1S/C20H25NO8/c1-5-7-15(22)19(6-2)16(23)21(20(19,17(24)25)18(26)27)11-12-8-9-13(28-3)10-14(12)29-4/h8-10H,5-7,11H2,1-4H3,(H,24,25)(H,26,27). The van der Waals surface area contributed by atoms with Crippen molar-refractivity contribution < 1.29 is 38.9 Å². The third kappa shape index (κ3) is 2.92. The summed E-state index contributed by atoms with van der Waals surface area (Å²) in [7, 11) is 2.85. The van der Waals surface area contributed by atoms with E-state index in [4.69, 9.17) is 9.47 Å². The summed E-state index contributed by atoms with van der Waals surface area (Å²) in [5.41, 5.74) is -4.43. The first-order valence-electron chi connectivity index (χ1n) is 9.21. The van der Waals surface area contributed by atoms with Crippen molar-refractivity contribution in [2.24, 2.45) is 5.41 Å². The number of carbonyl (C=O) groups is 4. The van der Waals surface area contributed by atoms with Gasteiger partial charge >= 0.3 is 11.9 Å². The minimum Gasteiger partial charge on any atom is -0.497 e. The highest BCUT2D eigenvalue weighted by molar-refractivity contribution is 6.27. The normalized spacial score (nSPS) is 20.0. The second-order valence-electron chi connectivity index (χ2n) is 6.82. The molecule has 9 nitrogen and oxygen atoms in total. The summed E-state index contributed by atoms with van der Waals surface area (Å²) < 4.78 is 10.4. The number of benzene rings is 1. The fraction of sp³-hybridized carbons (Fsp3) is 0.500. The molecule has 9 heteroatoms. The monoisotopic (exact) mass is 407 g/mol. The molecular formula is C20H25NO8. The van der Waals surface area contributed by atoms with Crippen molar-refractivity contribution in [2.45, 2.75) is 45.2 Å². The van der Waals surface area contributed by atoms with Gasteiger partial charge in [-0.25, -0.2) is 9.59 Å². The van der Waals surface area contributed by atoms with Crippen LogP contribution in [0.15, 0.2) is 18.2 Å². The Kier molecular flexibility index (Phi) is 6.20. The Morgan fingerprint density at radius 3 is 2.14 bits per heavy atom. The maximum Gasteiger partial charge on any atom is 0.343 e. The van der Waals surface area contributed by atoms with Crippen LogP contribution in [0.2, 0.25) is 0 Å². The molecule has 0 aliphatic carbocycles. The first-order chi connectivity index (χ1) is 13.7. The molecule has 0 aromatic heterocycles. The van der Waals surface area contributed by atoms with Gasteiger partial charge in [0.15, 0.2) is 11.2 Å². The van der Waals surface area contributed by atoms with Crippen LogP contribution in [0.1, 0.15) is 38.7 Å². The number of carboxylic acids is 2. The van der Waals surface area contributed by atoms with Gasteiger partial charge in [0, 0.05) is 18.1 Å². The molecule has 1 unspecified atom stereocenters. The Hall–Kier alpha value is -3.10. The summed E-state index contributed by atoms with van der Waals surface area (Å²) >= 11 is 0. The fourth-order valence-corrected chi connectivity index (χ4v) is 4.11. The highest BCUT2D eigenvalue weighted by atomic mass is 16.5. The van der Waals surface area contributed by atoms with Gasteiger partial charge in [-0.2, -0.15) is 0 Å². The van der Waals surface area contributed by atoms with Gasteiger partial charge in [-0.05, 0) is 25.0 Å². The van der Waals surface area contributed by atoms with Gasteiger partial charge in [-0.15, -0.1) is 0 Å². The van der Waals surface area contributed by atoms with E-state index in [1.54, 1.807) is 19.1 Å². The highest BCUT2D eigenvalue weighted by Gasteiger charge is 2.81. The average Bonchev–Trinajstić information content (AvgIpc) is 2.69. The molecule has 0 spiro atoms. The number of β-lactam (4-membered cyclic amide) rings is 1. The largest absolute Gasteiger partial charge is 0.497 e. The summed E-state index contributed by atoms with van der Waals surface area (Å²) in [6.07, 6.45) is 0.0661. The van der Waals surface area contributed by atoms with E-state index in [1.165, 1.54) is 27.2 Å². The summed E-state index contributed by atoms with van der Waals surface area (Å²) in [6.45, 7) is 2.82. The lowest BCUT2D eigenvalue weighted by molar-refractivity contribution is -0.216. The van der Waals surface area contributed by atoms with Crippen LogP contribution in [0.25, 0.3) is 0 Å². The van der Waals surface area contributed by atoms with Gasteiger partial charge in [-0.3, -0.25) is 9.59 Å². The molecule has 1 saturated heterocycles. The lowest BCUT2D eigenvalue weighted by Gasteiger charge is -2.58. The van der Waals surface area contributed by atoms with E-state index in [1.807, 2.05) is 0 Å². The molecule has 158 valence electrons. The Balaban J connectivity index is 2.61. The van der Waals surface area contributed by atoms with E-state index in [0.717, 1.165) is 4.90 Å². The van der Waals surface area contributed by atoms with Crippen LogP contribution in [-0.2, 0) is 25.7 Å². The zero-order valence-corrected chi connectivity index (χ0v) is 16.9. The molecule has 1 aromatic carbocycles. The van der Waals surface area contributed by atoms with Crippen molar-refractivity contribution in [3.63, 3.8) is 0 Å². The van der Waals surface area contributed by atoms with Crippen LogP contribution in [-0.4, -0.2) is 58.5 Å². The number of Topliss-reactive ketones (excluding diaryl/α,β-unsaturated/α-hetero) is 1. The molecule has 1 aromatic rings. The number of ether oxygens (including phenoxy) is 2. The van der Waals surface area contributed by atoms with Crippen LogP contribution in [0.3, 0.4) is 0 Å². The van der Waals surface area contributed by atoms with Gasteiger partial charge in [0.2, 0.25) is 5.91 Å². The van der Waals surface area contributed by atoms with E-state index in [-0.39, 0.29) is 19.4 Å². The molecule has 1 atom stereocenters. The van der Waals surface area contributed by atoms with Crippen molar-refractivity contribution >= 4 is 23.6 Å². The number of hydrogen-bond donors (Lipinski definition) is 2. The summed E-state index contributed by atoms with van der Waals surface area (Å²) in [5.74, 6) is -4.19. The molecule has 0 radical (unpaired) electrons. The van der Waals surface area contributed by atoms with Gasteiger partial charge < -0.3 is 24.6 Å². The topological polar surface area (TPSA) is 130 Å². The molecule has 29 heavy (non-hydrogen) atoms.